The fraction of sp³-hybridized carbons (Fsp3) is 0.444. The number of thiazole rings is 1. The Hall–Kier alpha value is -0.860. The molecule has 0 fully saturated rings. The first kappa shape index (κ1) is 22.2. The molecule has 0 bridgehead atoms. The van der Waals surface area contributed by atoms with Gasteiger partial charge in [-0.1, -0.05) is 23.7 Å². The van der Waals surface area contributed by atoms with E-state index in [2.05, 4.69) is 46.6 Å². The zero-order valence-corrected chi connectivity index (χ0v) is 18.8. The van der Waals surface area contributed by atoms with Crippen LogP contribution in [-0.4, -0.2) is 30.6 Å². The van der Waals surface area contributed by atoms with Gasteiger partial charge in [0.15, 0.2) is 5.96 Å². The minimum Gasteiger partial charge on any atom is -0.357 e. The van der Waals surface area contributed by atoms with Crippen molar-refractivity contribution in [3.8, 4) is 0 Å². The number of benzene rings is 1. The van der Waals surface area contributed by atoms with E-state index in [0.717, 1.165) is 54.2 Å². The molecule has 0 aliphatic carbocycles. The Morgan fingerprint density at radius 2 is 1.88 bits per heavy atom. The van der Waals surface area contributed by atoms with Gasteiger partial charge in [-0.15, -0.1) is 35.3 Å². The Kier molecular flexibility index (Phi) is 10.4. The highest BCUT2D eigenvalue weighted by molar-refractivity contribution is 14.0. The summed E-state index contributed by atoms with van der Waals surface area (Å²) in [5.74, 6) is 0.866. The summed E-state index contributed by atoms with van der Waals surface area (Å²) in [5, 5.41) is 8.57. The molecule has 1 heterocycles. The second-order valence-electron chi connectivity index (χ2n) is 5.56. The molecule has 2 rings (SSSR count). The lowest BCUT2D eigenvalue weighted by Crippen LogP contribution is -2.38. The molecule has 0 atom stereocenters. The predicted octanol–water partition coefficient (Wildman–Crippen LogP) is 4.37. The lowest BCUT2D eigenvalue weighted by Gasteiger charge is -2.11. The van der Waals surface area contributed by atoms with Crippen molar-refractivity contribution in [2.75, 3.05) is 19.6 Å². The molecule has 4 nitrogen and oxygen atoms in total. The molecular weight excluding hydrogens is 467 g/mol. The summed E-state index contributed by atoms with van der Waals surface area (Å²) in [4.78, 5) is 10.4. The summed E-state index contributed by atoms with van der Waals surface area (Å²) in [5.41, 5.74) is 2.40. The van der Waals surface area contributed by atoms with Gasteiger partial charge in [-0.25, -0.2) is 4.98 Å². The van der Waals surface area contributed by atoms with E-state index in [1.807, 2.05) is 19.1 Å². The van der Waals surface area contributed by atoms with Crippen LogP contribution in [0.4, 0.5) is 0 Å². The molecule has 0 saturated heterocycles. The first-order chi connectivity index (χ1) is 11.6. The predicted molar refractivity (Wildman–Crippen MR) is 120 cm³/mol. The van der Waals surface area contributed by atoms with Crippen LogP contribution in [0.1, 0.15) is 28.1 Å². The number of nitrogens with one attached hydrogen (secondary N) is 2. The molecule has 0 amide bonds. The van der Waals surface area contributed by atoms with Gasteiger partial charge in [-0.3, -0.25) is 4.99 Å². The standard InChI is InChI=1S/C18H25ClN4S.HI/c1-4-20-18(21-11-9-15-5-7-16(19)8-6-15)22-12-10-17-13(2)23-14(3)24-17;/h5-8H,4,9-12H2,1-3H3,(H2,20,21,22);1H. The van der Waals surface area contributed by atoms with Gasteiger partial charge in [-0.2, -0.15) is 0 Å². The van der Waals surface area contributed by atoms with Crippen molar-refractivity contribution in [3.63, 3.8) is 0 Å². The van der Waals surface area contributed by atoms with E-state index in [9.17, 15) is 0 Å². The molecule has 0 unspecified atom stereocenters. The zero-order valence-electron chi connectivity index (χ0n) is 14.9. The maximum Gasteiger partial charge on any atom is 0.191 e. The van der Waals surface area contributed by atoms with Gasteiger partial charge in [0.05, 0.1) is 10.7 Å². The third-order valence-electron chi connectivity index (χ3n) is 3.57. The smallest absolute Gasteiger partial charge is 0.191 e. The number of aryl methyl sites for hydroxylation is 2. The van der Waals surface area contributed by atoms with Crippen molar-refractivity contribution in [2.45, 2.75) is 33.6 Å². The summed E-state index contributed by atoms with van der Waals surface area (Å²) in [6.45, 7) is 8.65. The van der Waals surface area contributed by atoms with E-state index in [0.29, 0.717) is 0 Å². The van der Waals surface area contributed by atoms with Gasteiger partial charge in [0, 0.05) is 36.0 Å². The molecule has 1 aromatic carbocycles. The van der Waals surface area contributed by atoms with Crippen LogP contribution < -0.4 is 10.6 Å². The summed E-state index contributed by atoms with van der Waals surface area (Å²) in [7, 11) is 0. The van der Waals surface area contributed by atoms with Crippen LogP contribution in [0.2, 0.25) is 5.02 Å². The molecule has 2 N–H and O–H groups in total. The summed E-state index contributed by atoms with van der Waals surface area (Å²) in [6, 6.07) is 7.97. The van der Waals surface area contributed by atoms with Crippen LogP contribution in [0, 0.1) is 13.8 Å². The molecule has 2 aromatic rings. The second kappa shape index (κ2) is 11.7. The lowest BCUT2D eigenvalue weighted by molar-refractivity contribution is 0.797. The third-order valence-corrected chi connectivity index (χ3v) is 4.96. The average Bonchev–Trinajstić information content (AvgIpc) is 2.87. The number of rotatable bonds is 7. The van der Waals surface area contributed by atoms with Gasteiger partial charge < -0.3 is 10.6 Å². The van der Waals surface area contributed by atoms with Gasteiger partial charge in [0.1, 0.15) is 0 Å². The highest BCUT2D eigenvalue weighted by Crippen LogP contribution is 2.17. The van der Waals surface area contributed by atoms with Gasteiger partial charge in [0.25, 0.3) is 0 Å². The van der Waals surface area contributed by atoms with Crippen LogP contribution in [0.3, 0.4) is 0 Å². The average molecular weight is 493 g/mol. The lowest BCUT2D eigenvalue weighted by atomic mass is 10.1. The van der Waals surface area contributed by atoms with E-state index in [1.54, 1.807) is 11.3 Å². The van der Waals surface area contributed by atoms with Crippen LogP contribution in [-0.2, 0) is 12.8 Å². The summed E-state index contributed by atoms with van der Waals surface area (Å²) >= 11 is 7.67. The van der Waals surface area contributed by atoms with E-state index in [1.165, 1.54) is 10.4 Å². The fourth-order valence-corrected chi connectivity index (χ4v) is 3.44. The second-order valence-corrected chi connectivity index (χ2v) is 7.28. The van der Waals surface area contributed by atoms with E-state index >= 15 is 0 Å². The number of aliphatic imine (C=N–C) groups is 1. The van der Waals surface area contributed by atoms with Crippen LogP contribution in [0.5, 0.6) is 0 Å². The SMILES string of the molecule is CCNC(=NCCc1sc(C)nc1C)NCCc1ccc(Cl)cc1.I. The zero-order chi connectivity index (χ0) is 17.4. The number of halogens is 2. The van der Waals surface area contributed by atoms with E-state index < -0.39 is 0 Å². The number of aromatic nitrogens is 1. The van der Waals surface area contributed by atoms with Crippen molar-refractivity contribution in [2.24, 2.45) is 4.99 Å². The van der Waals surface area contributed by atoms with E-state index in [-0.39, 0.29) is 24.0 Å². The maximum absolute atomic E-state index is 5.91. The Bertz CT molecular complexity index is 670. The minimum absolute atomic E-state index is 0. The molecule has 0 radical (unpaired) electrons. The summed E-state index contributed by atoms with van der Waals surface area (Å²) < 4.78 is 0. The van der Waals surface area contributed by atoms with Gasteiger partial charge in [0.2, 0.25) is 0 Å². The first-order valence-corrected chi connectivity index (χ1v) is 9.47. The topological polar surface area (TPSA) is 49.3 Å². The van der Waals surface area contributed by atoms with Crippen molar-refractivity contribution in [1.29, 1.82) is 0 Å². The number of hydrogen-bond donors (Lipinski definition) is 2. The van der Waals surface area contributed by atoms with Gasteiger partial charge >= 0.3 is 0 Å². The Morgan fingerprint density at radius 1 is 1.16 bits per heavy atom. The molecule has 0 aliphatic heterocycles. The molecule has 1 aromatic heterocycles. The van der Waals surface area contributed by atoms with Crippen LogP contribution in [0.25, 0.3) is 0 Å². The van der Waals surface area contributed by atoms with Crippen molar-refractivity contribution in [3.05, 3.63) is 50.4 Å². The number of guanidine groups is 1. The number of hydrogen-bond acceptors (Lipinski definition) is 3. The van der Waals surface area contributed by atoms with Crippen molar-refractivity contribution in [1.82, 2.24) is 15.6 Å². The molecule has 0 spiro atoms. The van der Waals surface area contributed by atoms with Gasteiger partial charge in [-0.05, 0) is 44.9 Å². The Balaban J connectivity index is 0.00000312. The maximum atomic E-state index is 5.91. The normalized spacial score (nSPS) is 11.1. The molecule has 7 heteroatoms. The Morgan fingerprint density at radius 3 is 2.48 bits per heavy atom. The largest absolute Gasteiger partial charge is 0.357 e. The molecular formula is C18H26ClIN4S. The molecule has 138 valence electrons. The quantitative estimate of drug-likeness (QED) is 0.343. The first-order valence-electron chi connectivity index (χ1n) is 8.28. The van der Waals surface area contributed by atoms with Crippen molar-refractivity contribution >= 4 is 52.9 Å². The fourth-order valence-electron chi connectivity index (χ4n) is 2.39. The molecule has 25 heavy (non-hydrogen) atoms. The van der Waals surface area contributed by atoms with E-state index in [4.69, 9.17) is 11.6 Å². The highest BCUT2D eigenvalue weighted by atomic mass is 127. The monoisotopic (exact) mass is 492 g/mol. The van der Waals surface area contributed by atoms with Crippen LogP contribution >= 0.6 is 46.9 Å². The molecule has 0 saturated carbocycles. The summed E-state index contributed by atoms with van der Waals surface area (Å²) in [6.07, 6.45) is 1.87. The molecule has 0 aliphatic rings. The number of nitrogens with zero attached hydrogens (tertiary/aromatic N) is 2. The van der Waals surface area contributed by atoms with Crippen molar-refractivity contribution < 1.29 is 0 Å². The minimum atomic E-state index is 0. The highest BCUT2D eigenvalue weighted by Gasteiger charge is 2.04. The van der Waals surface area contributed by atoms with Crippen LogP contribution in [0.15, 0.2) is 29.3 Å². The third kappa shape index (κ3) is 7.92. The Labute approximate surface area is 176 Å².